The lowest BCUT2D eigenvalue weighted by molar-refractivity contribution is 0.0926. The molecule has 0 saturated heterocycles. The Morgan fingerprint density at radius 3 is 1.90 bits per heavy atom. The minimum atomic E-state index is -2.35. The number of nitrogens with one attached hydrogen (secondary N) is 1. The van der Waals surface area contributed by atoms with E-state index in [1.54, 1.807) is 0 Å². The molecule has 4 N–H and O–H groups in total. The minimum Gasteiger partial charge on any atom is -0.392 e. The van der Waals surface area contributed by atoms with Gasteiger partial charge in [-0.2, -0.15) is 0 Å². The number of hydrogen-bond donors (Lipinski definition) is 3. The highest BCUT2D eigenvalue weighted by Crippen LogP contribution is 2.22. The lowest BCUT2D eigenvalue weighted by Crippen LogP contribution is -2.44. The van der Waals surface area contributed by atoms with Gasteiger partial charge in [0.05, 0.1) is 6.10 Å². The Hall–Kier alpha value is -1.74. The van der Waals surface area contributed by atoms with Gasteiger partial charge in [-0.25, -0.2) is 22.0 Å². The summed E-state index contributed by atoms with van der Waals surface area (Å²) in [6, 6.07) is -0.958. The van der Waals surface area contributed by atoms with Crippen LogP contribution in [0.3, 0.4) is 0 Å². The van der Waals surface area contributed by atoms with Crippen LogP contribution in [0.5, 0.6) is 0 Å². The van der Waals surface area contributed by atoms with Crippen molar-refractivity contribution in [1.29, 1.82) is 0 Å². The highest BCUT2D eigenvalue weighted by atomic mass is 19.2. The van der Waals surface area contributed by atoms with Gasteiger partial charge < -0.3 is 16.2 Å². The molecule has 112 valence electrons. The zero-order valence-electron chi connectivity index (χ0n) is 10.2. The number of benzene rings is 1. The van der Waals surface area contributed by atoms with Gasteiger partial charge in [0.2, 0.25) is 5.82 Å². The van der Waals surface area contributed by atoms with Crippen LogP contribution in [0.25, 0.3) is 0 Å². The van der Waals surface area contributed by atoms with Gasteiger partial charge in [0.25, 0.3) is 5.91 Å². The third-order valence-corrected chi connectivity index (χ3v) is 2.55. The van der Waals surface area contributed by atoms with E-state index in [1.807, 2.05) is 5.32 Å². The molecule has 9 heteroatoms. The molecule has 1 amide bonds. The Morgan fingerprint density at radius 2 is 1.50 bits per heavy atom. The number of carbonyl (C=O) groups excluding carboxylic acids is 1. The van der Waals surface area contributed by atoms with Crippen LogP contribution in [-0.4, -0.2) is 29.7 Å². The van der Waals surface area contributed by atoms with Crippen molar-refractivity contribution >= 4 is 5.91 Å². The topological polar surface area (TPSA) is 75.3 Å². The summed E-state index contributed by atoms with van der Waals surface area (Å²) in [6.07, 6.45) is -1.04. The number of aliphatic hydroxyl groups is 1. The number of nitrogens with two attached hydrogens (primary N) is 1. The van der Waals surface area contributed by atoms with Crippen LogP contribution in [-0.2, 0) is 0 Å². The molecular weight excluding hydrogens is 287 g/mol. The van der Waals surface area contributed by atoms with Crippen LogP contribution >= 0.6 is 0 Å². The van der Waals surface area contributed by atoms with E-state index < -0.39 is 59.2 Å². The second-order valence-corrected chi connectivity index (χ2v) is 4.06. The van der Waals surface area contributed by atoms with E-state index in [1.165, 1.54) is 6.92 Å². The molecule has 0 heterocycles. The van der Waals surface area contributed by atoms with Crippen LogP contribution in [0.15, 0.2) is 0 Å². The average Bonchev–Trinajstić information content (AvgIpc) is 2.40. The number of amides is 1. The van der Waals surface area contributed by atoms with Crippen molar-refractivity contribution in [2.45, 2.75) is 19.1 Å². The summed E-state index contributed by atoms with van der Waals surface area (Å²) >= 11 is 0. The van der Waals surface area contributed by atoms with E-state index in [0.717, 1.165) is 0 Å². The van der Waals surface area contributed by atoms with Crippen molar-refractivity contribution < 1.29 is 31.9 Å². The van der Waals surface area contributed by atoms with Gasteiger partial charge in [0, 0.05) is 12.6 Å². The fourth-order valence-corrected chi connectivity index (χ4v) is 1.27. The predicted molar refractivity (Wildman–Crippen MR) is 58.2 cm³/mol. The largest absolute Gasteiger partial charge is 0.392 e. The third kappa shape index (κ3) is 3.05. The maximum atomic E-state index is 13.3. The van der Waals surface area contributed by atoms with Crippen molar-refractivity contribution in [2.24, 2.45) is 5.73 Å². The van der Waals surface area contributed by atoms with Crippen molar-refractivity contribution in [3.8, 4) is 0 Å². The molecule has 1 aromatic carbocycles. The minimum absolute atomic E-state index is 0.407. The van der Waals surface area contributed by atoms with Crippen molar-refractivity contribution in [3.63, 3.8) is 0 Å². The van der Waals surface area contributed by atoms with E-state index >= 15 is 0 Å². The summed E-state index contributed by atoms with van der Waals surface area (Å²) in [6.45, 7) is 0.894. The second kappa shape index (κ2) is 6.14. The number of halogens is 5. The quantitative estimate of drug-likeness (QED) is 0.438. The van der Waals surface area contributed by atoms with Crippen LogP contribution < -0.4 is 11.1 Å². The Labute approximate surface area is 110 Å². The number of carbonyl (C=O) groups is 1. The first-order chi connectivity index (χ1) is 9.18. The molecule has 2 unspecified atom stereocenters. The summed E-state index contributed by atoms with van der Waals surface area (Å²) in [4.78, 5) is 11.4. The molecular formula is C11H11F5N2O2. The Morgan fingerprint density at radius 1 is 1.10 bits per heavy atom. The van der Waals surface area contributed by atoms with Gasteiger partial charge >= 0.3 is 0 Å². The molecule has 0 aliphatic heterocycles. The lowest BCUT2D eigenvalue weighted by atomic mass is 10.1. The fraction of sp³-hybridized carbons (Fsp3) is 0.364. The number of aliphatic hydroxyl groups excluding tert-OH is 1. The Kier molecular flexibility index (Phi) is 5.01. The summed E-state index contributed by atoms with van der Waals surface area (Å²) in [5.41, 5.74) is 3.74. The van der Waals surface area contributed by atoms with Crippen molar-refractivity contribution in [2.75, 3.05) is 6.54 Å². The van der Waals surface area contributed by atoms with Gasteiger partial charge in [-0.05, 0) is 6.92 Å². The van der Waals surface area contributed by atoms with E-state index in [9.17, 15) is 26.7 Å². The normalized spacial score (nSPS) is 14.0. The summed E-state index contributed by atoms with van der Waals surface area (Å²) in [5, 5.41) is 10.9. The third-order valence-electron chi connectivity index (χ3n) is 2.55. The highest BCUT2D eigenvalue weighted by molar-refractivity contribution is 5.94. The van der Waals surface area contributed by atoms with E-state index in [0.29, 0.717) is 0 Å². The highest BCUT2D eigenvalue weighted by Gasteiger charge is 2.29. The molecule has 0 spiro atoms. The molecule has 0 saturated carbocycles. The van der Waals surface area contributed by atoms with E-state index in [-0.39, 0.29) is 0 Å². The molecule has 1 aromatic rings. The van der Waals surface area contributed by atoms with Crippen LogP contribution in [0, 0.1) is 29.1 Å². The van der Waals surface area contributed by atoms with Gasteiger partial charge in [-0.3, -0.25) is 4.79 Å². The Bertz CT molecular complexity index is 507. The number of rotatable bonds is 4. The molecule has 0 bridgehead atoms. The van der Waals surface area contributed by atoms with Crippen molar-refractivity contribution in [1.82, 2.24) is 5.32 Å². The van der Waals surface area contributed by atoms with Gasteiger partial charge in [-0.15, -0.1) is 0 Å². The number of hydrogen-bond acceptors (Lipinski definition) is 3. The summed E-state index contributed by atoms with van der Waals surface area (Å²) in [7, 11) is 0. The molecule has 0 radical (unpaired) electrons. The SMILES string of the molecule is CC(O)C(N)CNC(=O)c1c(F)c(F)c(F)c(F)c1F. The van der Waals surface area contributed by atoms with Gasteiger partial charge in [0.1, 0.15) is 5.56 Å². The van der Waals surface area contributed by atoms with Crippen molar-refractivity contribution in [3.05, 3.63) is 34.6 Å². The predicted octanol–water partition coefficient (Wildman–Crippen LogP) is 0.820. The smallest absolute Gasteiger partial charge is 0.257 e. The van der Waals surface area contributed by atoms with E-state index in [2.05, 4.69) is 0 Å². The summed E-state index contributed by atoms with van der Waals surface area (Å²) in [5.74, 6) is -12.8. The molecule has 2 atom stereocenters. The first-order valence-electron chi connectivity index (χ1n) is 5.41. The van der Waals surface area contributed by atoms with Crippen LogP contribution in [0.2, 0.25) is 0 Å². The first kappa shape index (κ1) is 16.3. The zero-order valence-corrected chi connectivity index (χ0v) is 10.2. The molecule has 0 aromatic heterocycles. The van der Waals surface area contributed by atoms with Crippen LogP contribution in [0.4, 0.5) is 22.0 Å². The first-order valence-corrected chi connectivity index (χ1v) is 5.41. The molecule has 0 aliphatic rings. The maximum absolute atomic E-state index is 13.3. The Balaban J connectivity index is 3.06. The molecule has 20 heavy (non-hydrogen) atoms. The average molecular weight is 298 g/mol. The monoisotopic (exact) mass is 298 g/mol. The van der Waals surface area contributed by atoms with Crippen LogP contribution in [0.1, 0.15) is 17.3 Å². The molecule has 1 rings (SSSR count). The molecule has 4 nitrogen and oxygen atoms in total. The second-order valence-electron chi connectivity index (χ2n) is 4.06. The zero-order chi connectivity index (χ0) is 15.6. The lowest BCUT2D eigenvalue weighted by Gasteiger charge is -2.15. The van der Waals surface area contributed by atoms with E-state index in [4.69, 9.17) is 10.8 Å². The standard InChI is InChI=1S/C11H11F5N2O2/c1-3(19)4(17)2-18-11(20)5-6(12)8(14)10(16)9(15)7(5)13/h3-4,19H,2,17H2,1H3,(H,18,20). The van der Waals surface area contributed by atoms with Gasteiger partial charge in [-0.1, -0.05) is 0 Å². The fourth-order valence-electron chi connectivity index (χ4n) is 1.27. The van der Waals surface area contributed by atoms with Gasteiger partial charge in [0.15, 0.2) is 23.3 Å². The maximum Gasteiger partial charge on any atom is 0.257 e. The molecule has 0 fully saturated rings. The molecule has 0 aliphatic carbocycles. The summed E-state index contributed by atoms with van der Waals surface area (Å²) < 4.78 is 65.1.